The molecule has 96 valence electrons. The summed E-state index contributed by atoms with van der Waals surface area (Å²) in [4.78, 5) is 0. The predicted octanol–water partition coefficient (Wildman–Crippen LogP) is 3.94. The fourth-order valence-corrected chi connectivity index (χ4v) is 0.596. The Hall–Kier alpha value is -0.960. The molecule has 10 heteroatoms. The van der Waals surface area contributed by atoms with Crippen LogP contribution in [-0.2, 0) is 0 Å². The van der Waals surface area contributed by atoms with Crippen LogP contribution in [0, 0.1) is 0 Å². The molecule has 0 fully saturated rings. The lowest BCUT2D eigenvalue weighted by Gasteiger charge is -2.26. The van der Waals surface area contributed by atoms with Gasteiger partial charge in [-0.05, 0) is 0 Å². The molecule has 16 heavy (non-hydrogen) atoms. The van der Waals surface area contributed by atoms with Gasteiger partial charge in [0.2, 0.25) is 12.0 Å². The van der Waals surface area contributed by atoms with E-state index in [1.807, 2.05) is 0 Å². The normalized spacial score (nSPS) is 15.2. The Balaban J connectivity index is 5.38. The molecule has 0 spiro atoms. The van der Waals surface area contributed by atoms with E-state index in [0.717, 1.165) is 0 Å². The first-order valence-corrected chi connectivity index (χ1v) is 3.35. The average Bonchev–Trinajstić information content (AvgIpc) is 2.14. The second kappa shape index (κ2) is 4.50. The van der Waals surface area contributed by atoms with Crippen molar-refractivity contribution in [3.05, 3.63) is 11.9 Å². The molecule has 1 unspecified atom stereocenters. The van der Waals surface area contributed by atoms with Crippen molar-refractivity contribution in [2.24, 2.45) is 0 Å². The van der Waals surface area contributed by atoms with E-state index in [1.54, 1.807) is 0 Å². The van der Waals surface area contributed by atoms with Crippen LogP contribution in [0.2, 0.25) is 0 Å². The fourth-order valence-electron chi connectivity index (χ4n) is 0.596. The Bertz CT molecular complexity index is 275. The second-order valence-electron chi connectivity index (χ2n) is 2.51. The highest BCUT2D eigenvalue weighted by molar-refractivity contribution is 5.13. The van der Waals surface area contributed by atoms with Crippen molar-refractivity contribution >= 4 is 0 Å². The largest absolute Gasteiger partial charge is 0.369 e. The third-order valence-electron chi connectivity index (χ3n) is 1.43. The summed E-state index contributed by atoms with van der Waals surface area (Å²) in [5.41, 5.74) is 0. The molecule has 0 aromatic rings. The molecule has 0 bridgehead atoms. The predicted molar refractivity (Wildman–Crippen MR) is 31.1 cm³/mol. The van der Waals surface area contributed by atoms with Crippen molar-refractivity contribution in [1.82, 2.24) is 0 Å². The molecule has 0 radical (unpaired) electrons. The zero-order valence-electron chi connectivity index (χ0n) is 6.93. The van der Waals surface area contributed by atoms with Gasteiger partial charge >= 0.3 is 17.9 Å². The number of rotatable bonds is 4. The summed E-state index contributed by atoms with van der Waals surface area (Å²) in [6.07, 6.45) is -13.2. The highest BCUT2D eigenvalue weighted by atomic mass is 19.3. The summed E-state index contributed by atoms with van der Waals surface area (Å²) in [5, 5.41) is 0. The summed E-state index contributed by atoms with van der Waals surface area (Å²) < 4.78 is 118. The molecule has 0 aliphatic heterocycles. The first-order valence-electron chi connectivity index (χ1n) is 3.35. The molecule has 0 N–H and O–H groups in total. The zero-order chi connectivity index (χ0) is 13.3. The Kier molecular flexibility index (Phi) is 4.23. The SMILES string of the molecule is FC(F)=C(F)C(F)(F)C(F)(F)C(F)C(F)F. The Labute approximate surface area is 81.5 Å². The van der Waals surface area contributed by atoms with Crippen LogP contribution in [0.25, 0.3) is 0 Å². The van der Waals surface area contributed by atoms with Crippen molar-refractivity contribution in [2.45, 2.75) is 24.4 Å². The van der Waals surface area contributed by atoms with Crippen molar-refractivity contribution in [3.63, 3.8) is 0 Å². The molecule has 0 aliphatic rings. The van der Waals surface area contributed by atoms with Crippen LogP contribution in [0.3, 0.4) is 0 Å². The van der Waals surface area contributed by atoms with E-state index in [1.165, 1.54) is 0 Å². The van der Waals surface area contributed by atoms with Crippen LogP contribution in [0.1, 0.15) is 0 Å². The molecule has 0 nitrogen and oxygen atoms in total. The molecule has 0 saturated carbocycles. The number of alkyl halides is 7. The standard InChI is InChI=1S/C6H2F10/c7-1(3(9)10)5(13,14)6(15,16)2(8)4(11)12/h1,3H. The maximum absolute atomic E-state index is 12.2. The third kappa shape index (κ3) is 2.40. The highest BCUT2D eigenvalue weighted by Crippen LogP contribution is 2.46. The van der Waals surface area contributed by atoms with Crippen LogP contribution in [0.5, 0.6) is 0 Å². The summed E-state index contributed by atoms with van der Waals surface area (Å²) in [5.74, 6) is -16.6. The van der Waals surface area contributed by atoms with Gasteiger partial charge in [-0.25, -0.2) is 13.2 Å². The van der Waals surface area contributed by atoms with Crippen LogP contribution < -0.4 is 0 Å². The van der Waals surface area contributed by atoms with Gasteiger partial charge in [0, 0.05) is 0 Å². The lowest BCUT2D eigenvalue weighted by atomic mass is 10.1. The summed E-state index contributed by atoms with van der Waals surface area (Å²) in [6.45, 7) is 0. The minimum Gasteiger partial charge on any atom is -0.234 e. The first-order chi connectivity index (χ1) is 6.96. The summed E-state index contributed by atoms with van der Waals surface area (Å²) in [6, 6.07) is 0. The number of halogens is 10. The van der Waals surface area contributed by atoms with Gasteiger partial charge in [-0.15, -0.1) is 0 Å². The van der Waals surface area contributed by atoms with Crippen molar-refractivity contribution in [3.8, 4) is 0 Å². The lowest BCUT2D eigenvalue weighted by Crippen LogP contribution is -2.51. The van der Waals surface area contributed by atoms with Crippen molar-refractivity contribution in [1.29, 1.82) is 0 Å². The van der Waals surface area contributed by atoms with Gasteiger partial charge in [-0.2, -0.15) is 30.7 Å². The minimum atomic E-state index is -6.35. The maximum atomic E-state index is 12.2. The number of allylic oxidation sites excluding steroid dienone is 1. The van der Waals surface area contributed by atoms with Gasteiger partial charge in [-0.1, -0.05) is 0 Å². The molecular weight excluding hydrogens is 262 g/mol. The van der Waals surface area contributed by atoms with Crippen LogP contribution in [0.4, 0.5) is 43.9 Å². The van der Waals surface area contributed by atoms with E-state index in [-0.39, 0.29) is 0 Å². The Morgan fingerprint density at radius 3 is 1.44 bits per heavy atom. The van der Waals surface area contributed by atoms with E-state index in [9.17, 15) is 43.9 Å². The molecule has 0 aromatic carbocycles. The lowest BCUT2D eigenvalue weighted by molar-refractivity contribution is -0.247. The molecule has 0 aromatic heterocycles. The Morgan fingerprint density at radius 2 is 1.19 bits per heavy atom. The van der Waals surface area contributed by atoms with Crippen LogP contribution in [0.15, 0.2) is 11.9 Å². The quantitative estimate of drug-likeness (QED) is 0.674. The molecule has 1 atom stereocenters. The van der Waals surface area contributed by atoms with Gasteiger partial charge in [-0.3, -0.25) is 0 Å². The van der Waals surface area contributed by atoms with E-state index < -0.39 is 36.3 Å². The van der Waals surface area contributed by atoms with Gasteiger partial charge in [0.05, 0.1) is 0 Å². The maximum Gasteiger partial charge on any atom is 0.369 e. The smallest absolute Gasteiger partial charge is 0.234 e. The first kappa shape index (κ1) is 15.0. The molecule has 0 amide bonds. The number of hydrogen-bond donors (Lipinski definition) is 0. The van der Waals surface area contributed by atoms with Crippen LogP contribution >= 0.6 is 0 Å². The number of hydrogen-bond acceptors (Lipinski definition) is 0. The highest BCUT2D eigenvalue weighted by Gasteiger charge is 2.68. The van der Waals surface area contributed by atoms with Gasteiger partial charge in [0.1, 0.15) is 0 Å². The van der Waals surface area contributed by atoms with Crippen LogP contribution in [-0.4, -0.2) is 24.4 Å². The van der Waals surface area contributed by atoms with Gasteiger partial charge in [0.15, 0.2) is 0 Å². The average molecular weight is 264 g/mol. The summed E-state index contributed by atoms with van der Waals surface area (Å²) >= 11 is 0. The molecule has 0 rings (SSSR count). The zero-order valence-corrected chi connectivity index (χ0v) is 6.93. The topological polar surface area (TPSA) is 0 Å². The fraction of sp³-hybridized carbons (Fsp3) is 0.667. The molecule has 0 aliphatic carbocycles. The van der Waals surface area contributed by atoms with E-state index in [2.05, 4.69) is 0 Å². The minimum absolute atomic E-state index is 3.84. The molecule has 0 saturated heterocycles. The van der Waals surface area contributed by atoms with E-state index in [0.29, 0.717) is 0 Å². The summed E-state index contributed by atoms with van der Waals surface area (Å²) in [7, 11) is 0. The molecular formula is C6H2F10. The monoisotopic (exact) mass is 264 g/mol. The third-order valence-corrected chi connectivity index (χ3v) is 1.43. The van der Waals surface area contributed by atoms with Crippen molar-refractivity contribution < 1.29 is 43.9 Å². The second-order valence-corrected chi connectivity index (χ2v) is 2.51. The van der Waals surface area contributed by atoms with Gasteiger partial charge in [0.25, 0.3) is 6.43 Å². The van der Waals surface area contributed by atoms with Crippen molar-refractivity contribution in [2.75, 3.05) is 0 Å². The Morgan fingerprint density at radius 1 is 0.812 bits per heavy atom. The molecule has 0 heterocycles. The van der Waals surface area contributed by atoms with E-state index in [4.69, 9.17) is 0 Å². The van der Waals surface area contributed by atoms with E-state index >= 15 is 0 Å². The van der Waals surface area contributed by atoms with Gasteiger partial charge < -0.3 is 0 Å².